The van der Waals surface area contributed by atoms with Crippen LogP contribution in [0.5, 0.6) is 0 Å². The van der Waals surface area contributed by atoms with E-state index in [9.17, 15) is 16.4 Å². The average molecular weight is 669 g/mol. The summed E-state index contributed by atoms with van der Waals surface area (Å²) in [4.78, 5) is 0.652. The highest BCUT2D eigenvalue weighted by atomic mass is 15.1. The fraction of sp³-hybridized carbons (Fsp3) is 0. The maximum absolute atomic E-state index is 9.67. The second-order valence-electron chi connectivity index (χ2n) is 11.4. The fourth-order valence-electron chi connectivity index (χ4n) is 5.90. The van der Waals surface area contributed by atoms with Gasteiger partial charge in [0.05, 0.1) is 26.0 Å². The Labute approximate surface area is 326 Å². The van der Waals surface area contributed by atoms with Crippen LogP contribution in [0.3, 0.4) is 0 Å². The van der Waals surface area contributed by atoms with Crippen molar-refractivity contribution in [1.82, 2.24) is 0 Å². The molecule has 0 saturated carbocycles. The Morgan fingerprint density at radius 1 is 0.333 bits per heavy atom. The van der Waals surface area contributed by atoms with Crippen LogP contribution < -0.4 is 4.90 Å². The van der Waals surface area contributed by atoms with E-state index in [1.165, 1.54) is 0 Å². The molecule has 0 unspecified atom stereocenters. The van der Waals surface area contributed by atoms with E-state index in [0.29, 0.717) is 21.6 Å². The van der Waals surface area contributed by atoms with Gasteiger partial charge in [-0.05, 0) is 108 Å². The number of nitrogens with zero attached hydrogens (tertiary/aromatic N) is 1. The van der Waals surface area contributed by atoms with Gasteiger partial charge in [-0.15, -0.1) is 0 Å². The third-order valence-electron chi connectivity index (χ3n) is 8.33. The summed E-state index contributed by atoms with van der Waals surface area (Å²) in [5.41, 5.74) is -2.26. The first-order chi connectivity index (χ1) is 33.2. The lowest BCUT2D eigenvalue weighted by Gasteiger charge is -2.26. The molecule has 0 N–H and O–H groups in total. The van der Waals surface area contributed by atoms with E-state index in [4.69, 9.17) is 9.60 Å². The highest BCUT2D eigenvalue weighted by Crippen LogP contribution is 2.41. The smallest absolute Gasteiger partial charge is 0.0645 e. The summed E-state index contributed by atoms with van der Waals surface area (Å²) in [6.07, 6.45) is 0. The van der Waals surface area contributed by atoms with Crippen molar-refractivity contribution in [3.05, 3.63) is 212 Å². The van der Waals surface area contributed by atoms with E-state index < -0.39 is 154 Å². The van der Waals surface area contributed by atoms with Crippen molar-refractivity contribution in [2.75, 3.05) is 4.90 Å². The third-order valence-corrected chi connectivity index (χ3v) is 8.33. The van der Waals surface area contributed by atoms with Gasteiger partial charge in [-0.25, -0.2) is 0 Å². The van der Waals surface area contributed by atoms with Crippen molar-refractivity contribution in [3.8, 4) is 44.5 Å². The monoisotopic (exact) mass is 668 g/mol. The first-order valence-corrected chi connectivity index (χ1v) is 16.0. The van der Waals surface area contributed by atoms with Crippen molar-refractivity contribution < 1.29 is 26.0 Å². The fourth-order valence-corrected chi connectivity index (χ4v) is 5.90. The van der Waals surface area contributed by atoms with E-state index >= 15 is 0 Å². The SMILES string of the molecule is [2H]c1c([2H])c(N(c2c([2H])c([2H])c(-c3ccc4ccccc4c3-c3ccccc3)c([2H])c2[2H])c2c([2H])c([2H])c(-c3c([2H])c([2H])c4c([2H])c([2H])c([2H])c([2H])c4c3[2H])c([2H])c2[2H])c([2H])c([2H])c1-c1ccccc1. The Bertz CT molecular complexity index is 3620. The van der Waals surface area contributed by atoms with E-state index in [2.05, 4.69) is 0 Å². The molecule has 0 aliphatic rings. The summed E-state index contributed by atoms with van der Waals surface area (Å²) >= 11 is 0. The molecule has 0 aliphatic carbocycles. The molecule has 0 fully saturated rings. The van der Waals surface area contributed by atoms with Crippen LogP contribution in [0.1, 0.15) is 26.0 Å². The quantitative estimate of drug-likeness (QED) is 0.163. The largest absolute Gasteiger partial charge is 0.311 e. The zero-order valence-corrected chi connectivity index (χ0v) is 26.7. The van der Waals surface area contributed by atoms with E-state index in [0.717, 1.165) is 10.8 Å². The zero-order valence-electron chi connectivity index (χ0n) is 45.7. The molecule has 0 amide bonds. The average Bonchev–Trinajstić information content (AvgIpc) is 3.35. The molecule has 0 radical (unpaired) electrons. The molecule has 240 valence electrons. The lowest BCUT2D eigenvalue weighted by molar-refractivity contribution is 1.28. The highest BCUT2D eigenvalue weighted by molar-refractivity contribution is 6.04. The van der Waals surface area contributed by atoms with E-state index in [-0.39, 0.29) is 16.7 Å². The molecule has 0 aromatic heterocycles. The molecule has 9 aromatic carbocycles. The van der Waals surface area contributed by atoms with Crippen molar-refractivity contribution in [2.45, 2.75) is 0 Å². The van der Waals surface area contributed by atoms with Gasteiger partial charge in [0.25, 0.3) is 0 Å². The van der Waals surface area contributed by atoms with Gasteiger partial charge < -0.3 is 4.90 Å². The molecule has 0 heterocycles. The first-order valence-electron chi connectivity index (χ1n) is 25.5. The number of rotatable bonds is 7. The van der Waals surface area contributed by atoms with E-state index in [1.807, 2.05) is 54.6 Å². The van der Waals surface area contributed by atoms with Gasteiger partial charge in [0.15, 0.2) is 0 Å². The van der Waals surface area contributed by atoms with Crippen LogP contribution in [0.4, 0.5) is 17.1 Å². The maximum atomic E-state index is 9.67. The maximum Gasteiger partial charge on any atom is 0.0645 e. The molecule has 9 aromatic rings. The molecule has 0 saturated heterocycles. The lowest BCUT2D eigenvalue weighted by atomic mass is 9.90. The summed E-state index contributed by atoms with van der Waals surface area (Å²) in [5.74, 6) is 0. The number of anilines is 3. The Morgan fingerprint density at radius 3 is 1.49 bits per heavy atom. The summed E-state index contributed by atoms with van der Waals surface area (Å²) in [6, 6.07) is 12.8. The predicted molar refractivity (Wildman–Crippen MR) is 218 cm³/mol. The Morgan fingerprint density at radius 2 is 0.843 bits per heavy atom. The Hall–Kier alpha value is -6.70. The van der Waals surface area contributed by atoms with Crippen molar-refractivity contribution in [1.29, 1.82) is 0 Å². The van der Waals surface area contributed by atoms with Crippen molar-refractivity contribution >= 4 is 38.6 Å². The normalized spacial score (nSPS) is 16.4. The predicted octanol–water partition coefficient (Wildman–Crippen LogP) is 14.1. The van der Waals surface area contributed by atoms with Gasteiger partial charge in [0.2, 0.25) is 0 Å². The molecule has 1 nitrogen and oxygen atoms in total. The second kappa shape index (κ2) is 13.3. The molecule has 1 heteroatoms. The van der Waals surface area contributed by atoms with Gasteiger partial charge in [-0.3, -0.25) is 0 Å². The topological polar surface area (TPSA) is 3.24 Å². The number of hydrogen-bond acceptors (Lipinski definition) is 1. The molecule has 9 rings (SSSR count). The third kappa shape index (κ3) is 5.96. The minimum atomic E-state index is -1.03. The van der Waals surface area contributed by atoms with Gasteiger partial charge in [-0.2, -0.15) is 0 Å². The Kier molecular flexibility index (Phi) is 4.26. The standard InChI is InChI=1S/C50H35N/c1-3-11-36(12-4-1)38-21-28-45(29-22-38)51(46-30-23-39(24-31-46)44-20-19-37-13-7-8-17-43(37)35-44)47-32-25-41(26-33-47)49-34-27-40-14-9-10-18-48(40)50(49)42-15-5-2-6-16-42/h1-35H/i7D,8D,13D,17D,19D,20D,21D,22D,23D,24D,25D,26D,28D,29D,30D,31D,32D,33D,35D. The summed E-state index contributed by atoms with van der Waals surface area (Å²) in [7, 11) is 0. The molecule has 0 aliphatic heterocycles. The van der Waals surface area contributed by atoms with Gasteiger partial charge in [0, 0.05) is 17.1 Å². The van der Waals surface area contributed by atoms with Crippen LogP contribution in [0.25, 0.3) is 66.1 Å². The highest BCUT2D eigenvalue weighted by Gasteiger charge is 2.16. The first kappa shape index (κ1) is 16.3. The minimum absolute atomic E-state index is 0.153. The van der Waals surface area contributed by atoms with Crippen LogP contribution in [-0.2, 0) is 0 Å². The lowest BCUT2D eigenvalue weighted by Crippen LogP contribution is -2.09. The van der Waals surface area contributed by atoms with Gasteiger partial charge in [-0.1, -0.05) is 170 Å². The van der Waals surface area contributed by atoms with Crippen LogP contribution >= 0.6 is 0 Å². The number of fused-ring (bicyclic) bond motifs is 2. The molecule has 0 bridgehead atoms. The number of benzene rings is 9. The van der Waals surface area contributed by atoms with Crippen molar-refractivity contribution in [3.63, 3.8) is 0 Å². The molecular weight excluding hydrogens is 615 g/mol. The molecule has 51 heavy (non-hydrogen) atoms. The number of hydrogen-bond donors (Lipinski definition) is 0. The minimum Gasteiger partial charge on any atom is -0.311 e. The second-order valence-corrected chi connectivity index (χ2v) is 11.4. The van der Waals surface area contributed by atoms with Crippen LogP contribution in [0, 0.1) is 0 Å². The van der Waals surface area contributed by atoms with Gasteiger partial charge in [0.1, 0.15) is 0 Å². The summed E-state index contributed by atoms with van der Waals surface area (Å²) in [5, 5.41) is 0.559. The molecule has 0 spiro atoms. The van der Waals surface area contributed by atoms with Gasteiger partial charge >= 0.3 is 0 Å². The van der Waals surface area contributed by atoms with Crippen LogP contribution in [-0.4, -0.2) is 0 Å². The summed E-state index contributed by atoms with van der Waals surface area (Å²) < 4.78 is 174. The van der Waals surface area contributed by atoms with Crippen LogP contribution in [0.2, 0.25) is 0 Å². The Balaban J connectivity index is 1.39. The summed E-state index contributed by atoms with van der Waals surface area (Å²) in [6.45, 7) is 0. The molecular formula is C50H35N. The van der Waals surface area contributed by atoms with Crippen molar-refractivity contribution in [2.24, 2.45) is 0 Å². The zero-order chi connectivity index (χ0) is 50.5. The molecule has 0 atom stereocenters. The van der Waals surface area contributed by atoms with Crippen LogP contribution in [0.15, 0.2) is 212 Å². The van der Waals surface area contributed by atoms with E-state index in [1.54, 1.807) is 42.5 Å².